The smallest absolute Gasteiger partial charge is 0.234 e. The van der Waals surface area contributed by atoms with Crippen LogP contribution in [0.2, 0.25) is 0 Å². The maximum atomic E-state index is 12.1. The lowest BCUT2D eigenvalue weighted by Crippen LogP contribution is -2.45. The second kappa shape index (κ2) is 8.80. The van der Waals surface area contributed by atoms with Crippen LogP contribution in [0.3, 0.4) is 0 Å². The minimum atomic E-state index is 0.0397. The molecule has 1 aromatic rings. The van der Waals surface area contributed by atoms with Crippen LogP contribution in [-0.4, -0.2) is 41.7 Å². The number of benzene rings is 1. The summed E-state index contributed by atoms with van der Waals surface area (Å²) in [7, 11) is 0. The molecule has 1 aromatic carbocycles. The van der Waals surface area contributed by atoms with Crippen molar-refractivity contribution in [1.82, 2.24) is 10.2 Å². The Morgan fingerprint density at radius 3 is 2.57 bits per heavy atom. The summed E-state index contributed by atoms with van der Waals surface area (Å²) in [6.45, 7) is 1.65. The maximum Gasteiger partial charge on any atom is 0.234 e. The first-order chi connectivity index (χ1) is 10.3. The molecular weight excluding hydrogens is 264 g/mol. The van der Waals surface area contributed by atoms with Crippen LogP contribution in [0.5, 0.6) is 0 Å². The topological polar surface area (TPSA) is 52.6 Å². The lowest BCUT2D eigenvalue weighted by molar-refractivity contribution is -0.123. The molecule has 1 amide bonds. The molecule has 1 aliphatic rings. The summed E-state index contributed by atoms with van der Waals surface area (Å²) in [5.74, 6) is 0.0397. The highest BCUT2D eigenvalue weighted by Crippen LogP contribution is 2.22. The molecule has 0 aromatic heterocycles. The van der Waals surface area contributed by atoms with Gasteiger partial charge in [0.15, 0.2) is 0 Å². The number of nitrogens with one attached hydrogen (secondary N) is 1. The first kappa shape index (κ1) is 16.0. The summed E-state index contributed by atoms with van der Waals surface area (Å²) >= 11 is 0. The largest absolute Gasteiger partial charge is 0.395 e. The van der Waals surface area contributed by atoms with Crippen LogP contribution in [0, 0.1) is 0 Å². The molecule has 1 fully saturated rings. The summed E-state index contributed by atoms with van der Waals surface area (Å²) in [5, 5.41) is 12.2. The van der Waals surface area contributed by atoms with Gasteiger partial charge < -0.3 is 10.4 Å². The van der Waals surface area contributed by atoms with Crippen molar-refractivity contribution in [2.24, 2.45) is 0 Å². The van der Waals surface area contributed by atoms with Gasteiger partial charge in [0, 0.05) is 19.1 Å². The second-order valence-electron chi connectivity index (χ2n) is 5.75. The van der Waals surface area contributed by atoms with E-state index in [1.165, 1.54) is 19.3 Å². The fourth-order valence-electron chi connectivity index (χ4n) is 3.00. The SMILES string of the molecule is O=C(CN(CCO)C1CCCCC1)NCc1ccccc1. The third kappa shape index (κ3) is 5.48. The van der Waals surface area contributed by atoms with Crippen LogP contribution in [0.1, 0.15) is 37.7 Å². The quantitative estimate of drug-likeness (QED) is 0.807. The number of amides is 1. The normalized spacial score (nSPS) is 16.1. The first-order valence-electron chi connectivity index (χ1n) is 7.95. The van der Waals surface area contributed by atoms with Crippen LogP contribution in [0.15, 0.2) is 30.3 Å². The lowest BCUT2D eigenvalue weighted by atomic mass is 9.94. The van der Waals surface area contributed by atoms with Gasteiger partial charge in [-0.2, -0.15) is 0 Å². The second-order valence-corrected chi connectivity index (χ2v) is 5.75. The molecule has 0 atom stereocenters. The highest BCUT2D eigenvalue weighted by atomic mass is 16.3. The van der Waals surface area contributed by atoms with Crippen LogP contribution in [-0.2, 0) is 11.3 Å². The molecule has 2 N–H and O–H groups in total. The predicted octanol–water partition coefficient (Wildman–Crippen LogP) is 1.93. The number of carbonyl (C=O) groups is 1. The van der Waals surface area contributed by atoms with Gasteiger partial charge in [0.1, 0.15) is 0 Å². The van der Waals surface area contributed by atoms with E-state index >= 15 is 0 Å². The zero-order valence-corrected chi connectivity index (χ0v) is 12.6. The van der Waals surface area contributed by atoms with E-state index in [-0.39, 0.29) is 12.5 Å². The molecule has 1 aliphatic carbocycles. The summed E-state index contributed by atoms with van der Waals surface area (Å²) in [4.78, 5) is 14.2. The van der Waals surface area contributed by atoms with E-state index < -0.39 is 0 Å². The van der Waals surface area contributed by atoms with Gasteiger partial charge in [0.05, 0.1) is 13.2 Å². The fourth-order valence-corrected chi connectivity index (χ4v) is 3.00. The van der Waals surface area contributed by atoms with Crippen molar-refractivity contribution >= 4 is 5.91 Å². The first-order valence-corrected chi connectivity index (χ1v) is 7.95. The number of aliphatic hydroxyl groups excluding tert-OH is 1. The molecule has 2 rings (SSSR count). The minimum absolute atomic E-state index is 0.0397. The molecule has 4 nitrogen and oxygen atoms in total. The predicted molar refractivity (Wildman–Crippen MR) is 83.8 cm³/mol. The van der Waals surface area contributed by atoms with Gasteiger partial charge in [-0.05, 0) is 18.4 Å². The fraction of sp³-hybridized carbons (Fsp3) is 0.588. The Morgan fingerprint density at radius 1 is 1.19 bits per heavy atom. The van der Waals surface area contributed by atoms with E-state index in [1.807, 2.05) is 30.3 Å². The van der Waals surface area contributed by atoms with Crippen molar-refractivity contribution < 1.29 is 9.90 Å². The third-order valence-corrected chi connectivity index (χ3v) is 4.16. The van der Waals surface area contributed by atoms with Crippen LogP contribution >= 0.6 is 0 Å². The van der Waals surface area contributed by atoms with E-state index in [4.69, 9.17) is 0 Å². The molecule has 0 saturated heterocycles. The van der Waals surface area contributed by atoms with E-state index in [0.29, 0.717) is 25.7 Å². The van der Waals surface area contributed by atoms with Crippen molar-refractivity contribution in [3.8, 4) is 0 Å². The highest BCUT2D eigenvalue weighted by Gasteiger charge is 2.22. The highest BCUT2D eigenvalue weighted by molar-refractivity contribution is 5.78. The van der Waals surface area contributed by atoms with Gasteiger partial charge in [0.2, 0.25) is 5.91 Å². The molecular formula is C17H26N2O2. The lowest BCUT2D eigenvalue weighted by Gasteiger charge is -2.33. The third-order valence-electron chi connectivity index (χ3n) is 4.16. The van der Waals surface area contributed by atoms with Gasteiger partial charge in [0.25, 0.3) is 0 Å². The average molecular weight is 290 g/mol. The monoisotopic (exact) mass is 290 g/mol. The molecule has 0 radical (unpaired) electrons. The molecule has 0 heterocycles. The molecule has 0 spiro atoms. The summed E-state index contributed by atoms with van der Waals surface area (Å²) in [6, 6.07) is 10.4. The zero-order chi connectivity index (χ0) is 14.9. The van der Waals surface area contributed by atoms with Crippen molar-refractivity contribution in [3.05, 3.63) is 35.9 Å². The van der Waals surface area contributed by atoms with Gasteiger partial charge in [-0.15, -0.1) is 0 Å². The number of hydrogen-bond acceptors (Lipinski definition) is 3. The maximum absolute atomic E-state index is 12.1. The Labute approximate surface area is 127 Å². The number of rotatable bonds is 7. The molecule has 0 unspecified atom stereocenters. The van der Waals surface area contributed by atoms with Gasteiger partial charge >= 0.3 is 0 Å². The molecule has 0 bridgehead atoms. The van der Waals surface area contributed by atoms with Gasteiger partial charge in [-0.3, -0.25) is 9.69 Å². The van der Waals surface area contributed by atoms with Crippen molar-refractivity contribution in [2.45, 2.75) is 44.7 Å². The number of carbonyl (C=O) groups excluding carboxylic acids is 1. The molecule has 116 valence electrons. The van der Waals surface area contributed by atoms with Gasteiger partial charge in [-0.1, -0.05) is 49.6 Å². The Bertz CT molecular complexity index is 416. The van der Waals surface area contributed by atoms with Crippen molar-refractivity contribution in [1.29, 1.82) is 0 Å². The Balaban J connectivity index is 1.80. The number of hydrogen-bond donors (Lipinski definition) is 2. The van der Waals surface area contributed by atoms with E-state index in [2.05, 4.69) is 10.2 Å². The zero-order valence-electron chi connectivity index (χ0n) is 12.6. The van der Waals surface area contributed by atoms with E-state index in [9.17, 15) is 9.90 Å². The Hall–Kier alpha value is -1.39. The van der Waals surface area contributed by atoms with Crippen LogP contribution in [0.25, 0.3) is 0 Å². The molecule has 21 heavy (non-hydrogen) atoms. The Morgan fingerprint density at radius 2 is 1.90 bits per heavy atom. The standard InChI is InChI=1S/C17H26N2O2/c20-12-11-19(16-9-5-2-6-10-16)14-17(21)18-13-15-7-3-1-4-8-15/h1,3-4,7-8,16,20H,2,5-6,9-14H2,(H,18,21). The van der Waals surface area contributed by atoms with Crippen LogP contribution < -0.4 is 5.32 Å². The van der Waals surface area contributed by atoms with Crippen molar-refractivity contribution in [2.75, 3.05) is 19.7 Å². The summed E-state index contributed by atoms with van der Waals surface area (Å²) in [5.41, 5.74) is 1.11. The summed E-state index contributed by atoms with van der Waals surface area (Å²) < 4.78 is 0. The number of aliphatic hydroxyl groups is 1. The number of nitrogens with zero attached hydrogens (tertiary/aromatic N) is 1. The summed E-state index contributed by atoms with van der Waals surface area (Å²) in [6.07, 6.45) is 6.05. The van der Waals surface area contributed by atoms with Crippen LogP contribution in [0.4, 0.5) is 0 Å². The molecule has 0 aliphatic heterocycles. The van der Waals surface area contributed by atoms with E-state index in [0.717, 1.165) is 18.4 Å². The Kier molecular flexibility index (Phi) is 6.70. The average Bonchev–Trinajstić information content (AvgIpc) is 2.54. The molecule has 4 heteroatoms. The van der Waals surface area contributed by atoms with Crippen molar-refractivity contribution in [3.63, 3.8) is 0 Å². The van der Waals surface area contributed by atoms with E-state index in [1.54, 1.807) is 0 Å². The molecule has 1 saturated carbocycles. The van der Waals surface area contributed by atoms with Gasteiger partial charge in [-0.25, -0.2) is 0 Å². The minimum Gasteiger partial charge on any atom is -0.395 e.